The van der Waals surface area contributed by atoms with Crippen LogP contribution in [0.1, 0.15) is 29.1 Å². The van der Waals surface area contributed by atoms with E-state index >= 15 is 0 Å². The van der Waals surface area contributed by atoms with E-state index < -0.39 is 0 Å². The van der Waals surface area contributed by atoms with E-state index in [9.17, 15) is 4.79 Å². The van der Waals surface area contributed by atoms with Crippen molar-refractivity contribution in [1.82, 2.24) is 4.98 Å². The van der Waals surface area contributed by atoms with Crippen molar-refractivity contribution in [3.05, 3.63) is 77.2 Å². The number of nitrogens with zero attached hydrogens (tertiary/aromatic N) is 2. The van der Waals surface area contributed by atoms with Gasteiger partial charge >= 0.3 is 0 Å². The van der Waals surface area contributed by atoms with Gasteiger partial charge in [-0.15, -0.1) is 11.3 Å². The third-order valence-electron chi connectivity index (χ3n) is 5.21. The van der Waals surface area contributed by atoms with Crippen LogP contribution in [0, 0.1) is 6.92 Å². The maximum absolute atomic E-state index is 13.2. The molecule has 2 heterocycles. The van der Waals surface area contributed by atoms with Crippen LogP contribution in [-0.4, -0.2) is 24.0 Å². The first-order valence-corrected chi connectivity index (χ1v) is 11.0. The van der Waals surface area contributed by atoms with Gasteiger partial charge in [0.25, 0.3) is 5.91 Å². The molecular formula is C25H25N3OS. The summed E-state index contributed by atoms with van der Waals surface area (Å²) in [5.41, 5.74) is 4.22. The second-order valence-electron chi connectivity index (χ2n) is 7.16. The molecule has 0 aliphatic carbocycles. The molecule has 0 saturated carbocycles. The van der Waals surface area contributed by atoms with Crippen molar-refractivity contribution < 1.29 is 4.79 Å². The van der Waals surface area contributed by atoms with Crippen LogP contribution < -0.4 is 10.2 Å². The Hall–Kier alpha value is -3.18. The third-order valence-corrected chi connectivity index (χ3v) is 6.23. The Bertz CT molecular complexity index is 1180. The second kappa shape index (κ2) is 8.67. The fourth-order valence-electron chi connectivity index (χ4n) is 3.60. The van der Waals surface area contributed by atoms with Crippen LogP contribution in [0.25, 0.3) is 21.5 Å². The lowest BCUT2D eigenvalue weighted by Gasteiger charge is -2.21. The normalized spacial score (nSPS) is 10.9. The van der Waals surface area contributed by atoms with E-state index in [-0.39, 0.29) is 5.91 Å². The van der Waals surface area contributed by atoms with E-state index in [1.165, 1.54) is 4.88 Å². The Morgan fingerprint density at radius 2 is 1.73 bits per heavy atom. The minimum atomic E-state index is -0.126. The molecule has 0 fully saturated rings. The number of nitrogens with one attached hydrogen (secondary N) is 1. The zero-order valence-corrected chi connectivity index (χ0v) is 18.3. The first-order valence-electron chi connectivity index (χ1n) is 10.2. The minimum absolute atomic E-state index is 0.126. The van der Waals surface area contributed by atoms with Crippen molar-refractivity contribution in [2.45, 2.75) is 20.8 Å². The van der Waals surface area contributed by atoms with E-state index in [0.717, 1.165) is 45.9 Å². The fraction of sp³-hybridized carbons (Fsp3) is 0.200. The van der Waals surface area contributed by atoms with Gasteiger partial charge in [0.05, 0.1) is 21.7 Å². The van der Waals surface area contributed by atoms with Crippen LogP contribution in [0.3, 0.4) is 0 Å². The SMILES string of the molecule is CCN(CC)c1ccc(NC(=O)c2cc(-c3ccc(C)s3)nc3ccccc23)cc1. The van der Waals surface area contributed by atoms with Crippen molar-refractivity contribution in [2.75, 3.05) is 23.3 Å². The average molecular weight is 416 g/mol. The molecule has 0 saturated heterocycles. The molecule has 0 bridgehead atoms. The molecule has 0 aliphatic rings. The summed E-state index contributed by atoms with van der Waals surface area (Å²) < 4.78 is 0. The number of aryl methyl sites for hydroxylation is 1. The highest BCUT2D eigenvalue weighted by molar-refractivity contribution is 7.15. The maximum atomic E-state index is 13.2. The maximum Gasteiger partial charge on any atom is 0.256 e. The van der Waals surface area contributed by atoms with Crippen molar-refractivity contribution >= 4 is 39.5 Å². The van der Waals surface area contributed by atoms with Gasteiger partial charge in [-0.3, -0.25) is 4.79 Å². The van der Waals surface area contributed by atoms with Crippen LogP contribution in [0.2, 0.25) is 0 Å². The summed E-state index contributed by atoms with van der Waals surface area (Å²) in [4.78, 5) is 22.5. The molecule has 5 heteroatoms. The highest BCUT2D eigenvalue weighted by atomic mass is 32.1. The van der Waals surface area contributed by atoms with Gasteiger partial charge in [-0.1, -0.05) is 18.2 Å². The third kappa shape index (κ3) is 4.07. The highest BCUT2D eigenvalue weighted by Crippen LogP contribution is 2.30. The lowest BCUT2D eigenvalue weighted by molar-refractivity contribution is 0.102. The topological polar surface area (TPSA) is 45.2 Å². The number of hydrogen-bond acceptors (Lipinski definition) is 4. The molecule has 0 spiro atoms. The predicted octanol–water partition coefficient (Wildman–Crippen LogP) is 6.37. The average Bonchev–Trinajstić information content (AvgIpc) is 3.21. The molecular weight excluding hydrogens is 390 g/mol. The van der Waals surface area contributed by atoms with Gasteiger partial charge in [0.15, 0.2) is 0 Å². The van der Waals surface area contributed by atoms with Gasteiger partial charge in [0.1, 0.15) is 0 Å². The van der Waals surface area contributed by atoms with E-state index in [0.29, 0.717) is 5.56 Å². The molecule has 4 aromatic rings. The molecule has 4 rings (SSSR count). The molecule has 1 amide bonds. The minimum Gasteiger partial charge on any atom is -0.372 e. The lowest BCUT2D eigenvalue weighted by atomic mass is 10.1. The number of fused-ring (bicyclic) bond motifs is 1. The number of carbonyl (C=O) groups is 1. The number of rotatable bonds is 6. The van der Waals surface area contributed by atoms with E-state index in [2.05, 4.69) is 43.1 Å². The fourth-order valence-corrected chi connectivity index (χ4v) is 4.43. The summed E-state index contributed by atoms with van der Waals surface area (Å²) in [6.45, 7) is 8.26. The van der Waals surface area contributed by atoms with Crippen LogP contribution in [0.15, 0.2) is 66.7 Å². The van der Waals surface area contributed by atoms with Crippen molar-refractivity contribution in [3.63, 3.8) is 0 Å². The molecule has 2 aromatic heterocycles. The standard InChI is InChI=1S/C25H25N3OS/c1-4-28(5-2)19-13-11-18(12-14-19)26-25(29)21-16-23(24-15-10-17(3)30-24)27-22-9-7-6-8-20(21)22/h6-16H,4-5H2,1-3H3,(H,26,29). The molecule has 4 nitrogen and oxygen atoms in total. The highest BCUT2D eigenvalue weighted by Gasteiger charge is 2.15. The van der Waals surface area contributed by atoms with E-state index in [4.69, 9.17) is 4.98 Å². The Labute approximate surface area is 181 Å². The second-order valence-corrected chi connectivity index (χ2v) is 8.44. The summed E-state index contributed by atoms with van der Waals surface area (Å²) in [5, 5.41) is 3.91. The van der Waals surface area contributed by atoms with Gasteiger partial charge in [-0.2, -0.15) is 0 Å². The van der Waals surface area contributed by atoms with Gasteiger partial charge in [-0.25, -0.2) is 4.98 Å². The monoisotopic (exact) mass is 415 g/mol. The number of anilines is 2. The Morgan fingerprint density at radius 3 is 2.40 bits per heavy atom. The van der Waals surface area contributed by atoms with Crippen LogP contribution >= 0.6 is 11.3 Å². The van der Waals surface area contributed by atoms with Crippen molar-refractivity contribution in [1.29, 1.82) is 0 Å². The molecule has 30 heavy (non-hydrogen) atoms. The molecule has 0 radical (unpaired) electrons. The predicted molar refractivity (Wildman–Crippen MR) is 128 cm³/mol. The number of para-hydroxylation sites is 1. The Morgan fingerprint density at radius 1 is 1.00 bits per heavy atom. The van der Waals surface area contributed by atoms with Crippen LogP contribution in [0.4, 0.5) is 11.4 Å². The molecule has 0 atom stereocenters. The van der Waals surface area contributed by atoms with Gasteiger partial charge in [-0.05, 0) is 69.3 Å². The zero-order valence-electron chi connectivity index (χ0n) is 17.5. The number of amides is 1. The first-order chi connectivity index (χ1) is 14.6. The Kier molecular flexibility index (Phi) is 5.81. The number of thiophene rings is 1. The summed E-state index contributed by atoms with van der Waals surface area (Å²) in [5.74, 6) is -0.126. The van der Waals surface area contributed by atoms with Crippen LogP contribution in [-0.2, 0) is 0 Å². The van der Waals surface area contributed by atoms with Crippen molar-refractivity contribution in [3.8, 4) is 10.6 Å². The molecule has 0 aliphatic heterocycles. The summed E-state index contributed by atoms with van der Waals surface area (Å²) in [7, 11) is 0. The largest absolute Gasteiger partial charge is 0.372 e. The number of aromatic nitrogens is 1. The van der Waals surface area contributed by atoms with Gasteiger partial charge < -0.3 is 10.2 Å². The molecule has 152 valence electrons. The smallest absolute Gasteiger partial charge is 0.256 e. The number of benzene rings is 2. The molecule has 1 N–H and O–H groups in total. The molecule has 2 aromatic carbocycles. The van der Waals surface area contributed by atoms with Crippen molar-refractivity contribution in [2.24, 2.45) is 0 Å². The zero-order chi connectivity index (χ0) is 21.1. The molecule has 0 unspecified atom stereocenters. The number of pyridine rings is 1. The summed E-state index contributed by atoms with van der Waals surface area (Å²) >= 11 is 1.68. The van der Waals surface area contributed by atoms with E-state index in [1.54, 1.807) is 11.3 Å². The van der Waals surface area contributed by atoms with Gasteiger partial charge in [0, 0.05) is 34.7 Å². The lowest BCUT2D eigenvalue weighted by Crippen LogP contribution is -2.21. The summed E-state index contributed by atoms with van der Waals surface area (Å²) in [6, 6.07) is 21.8. The van der Waals surface area contributed by atoms with E-state index in [1.807, 2.05) is 54.6 Å². The number of hydrogen-bond donors (Lipinski definition) is 1. The Balaban J connectivity index is 1.67. The number of carbonyl (C=O) groups excluding carboxylic acids is 1. The summed E-state index contributed by atoms with van der Waals surface area (Å²) in [6.07, 6.45) is 0. The van der Waals surface area contributed by atoms with Crippen LogP contribution in [0.5, 0.6) is 0 Å². The quantitative estimate of drug-likeness (QED) is 0.398. The first kappa shape index (κ1) is 20.1. The van der Waals surface area contributed by atoms with Gasteiger partial charge in [0.2, 0.25) is 0 Å².